The molecule has 0 unspecified atom stereocenters. The summed E-state index contributed by atoms with van der Waals surface area (Å²) in [6.07, 6.45) is 4.75. The first-order valence-corrected chi connectivity index (χ1v) is 9.06. The standard InChI is InChI=1S/C17H25N3O2S/c1-17(2,3)9-15(21)20-12-23-11-14(20)16(22)19-8-6-13-5-4-7-18-10-13/h4-5,7,10,14H,6,8-9,11-12H2,1-3H3,(H,19,22)/t14-/m1/s1. The van der Waals surface area contributed by atoms with Gasteiger partial charge in [-0.25, -0.2) is 0 Å². The molecule has 0 aromatic carbocycles. The van der Waals surface area contributed by atoms with Crippen molar-refractivity contribution in [1.82, 2.24) is 15.2 Å². The molecule has 23 heavy (non-hydrogen) atoms. The van der Waals surface area contributed by atoms with Gasteiger partial charge in [0.15, 0.2) is 0 Å². The molecule has 1 N–H and O–H groups in total. The van der Waals surface area contributed by atoms with Crippen molar-refractivity contribution in [3.05, 3.63) is 30.1 Å². The second-order valence-electron chi connectivity index (χ2n) is 7.02. The molecule has 1 fully saturated rings. The second-order valence-corrected chi connectivity index (χ2v) is 8.02. The fourth-order valence-electron chi connectivity index (χ4n) is 2.45. The van der Waals surface area contributed by atoms with E-state index in [4.69, 9.17) is 0 Å². The van der Waals surface area contributed by atoms with Gasteiger partial charge in [-0.1, -0.05) is 26.8 Å². The molecule has 0 aliphatic carbocycles. The van der Waals surface area contributed by atoms with Crippen molar-refractivity contribution in [1.29, 1.82) is 0 Å². The molecular formula is C17H25N3O2S. The smallest absolute Gasteiger partial charge is 0.243 e. The first-order chi connectivity index (χ1) is 10.9. The lowest BCUT2D eigenvalue weighted by Crippen LogP contribution is -2.48. The summed E-state index contributed by atoms with van der Waals surface area (Å²) in [4.78, 5) is 30.6. The molecule has 0 saturated carbocycles. The highest BCUT2D eigenvalue weighted by Gasteiger charge is 2.35. The topological polar surface area (TPSA) is 62.3 Å². The maximum Gasteiger partial charge on any atom is 0.243 e. The molecule has 0 spiro atoms. The van der Waals surface area contributed by atoms with Crippen LogP contribution in [0.2, 0.25) is 0 Å². The van der Waals surface area contributed by atoms with Crippen molar-refractivity contribution in [3.8, 4) is 0 Å². The Morgan fingerprint density at radius 2 is 2.22 bits per heavy atom. The number of hydrogen-bond donors (Lipinski definition) is 1. The summed E-state index contributed by atoms with van der Waals surface area (Å²) >= 11 is 1.64. The number of hydrogen-bond acceptors (Lipinski definition) is 4. The molecule has 0 bridgehead atoms. The highest BCUT2D eigenvalue weighted by molar-refractivity contribution is 7.99. The summed E-state index contributed by atoms with van der Waals surface area (Å²) < 4.78 is 0. The lowest BCUT2D eigenvalue weighted by Gasteiger charge is -2.26. The Labute approximate surface area is 142 Å². The van der Waals surface area contributed by atoms with Gasteiger partial charge in [0.25, 0.3) is 0 Å². The lowest BCUT2D eigenvalue weighted by molar-refractivity contribution is -0.139. The van der Waals surface area contributed by atoms with Gasteiger partial charge in [-0.2, -0.15) is 0 Å². The molecule has 6 heteroatoms. The van der Waals surface area contributed by atoms with E-state index in [0.29, 0.717) is 24.6 Å². The minimum atomic E-state index is -0.344. The second kappa shape index (κ2) is 7.81. The van der Waals surface area contributed by atoms with Gasteiger partial charge in [-0.05, 0) is 23.5 Å². The first-order valence-electron chi connectivity index (χ1n) is 7.91. The SMILES string of the molecule is CC(C)(C)CC(=O)N1CSC[C@@H]1C(=O)NCCc1cccnc1. The average molecular weight is 335 g/mol. The van der Waals surface area contributed by atoms with E-state index in [1.165, 1.54) is 0 Å². The van der Waals surface area contributed by atoms with Crippen LogP contribution in [0.25, 0.3) is 0 Å². The summed E-state index contributed by atoms with van der Waals surface area (Å²) in [5, 5.41) is 2.95. The van der Waals surface area contributed by atoms with Crippen molar-refractivity contribution < 1.29 is 9.59 Å². The zero-order valence-electron chi connectivity index (χ0n) is 14.0. The Kier molecular flexibility index (Phi) is 6.04. The molecule has 1 aromatic rings. The number of nitrogens with zero attached hydrogens (tertiary/aromatic N) is 2. The van der Waals surface area contributed by atoms with Crippen molar-refractivity contribution in [2.75, 3.05) is 18.2 Å². The Morgan fingerprint density at radius 3 is 2.87 bits per heavy atom. The van der Waals surface area contributed by atoms with E-state index in [1.54, 1.807) is 29.1 Å². The van der Waals surface area contributed by atoms with E-state index < -0.39 is 0 Å². The van der Waals surface area contributed by atoms with Gasteiger partial charge in [0, 0.05) is 31.1 Å². The predicted molar refractivity (Wildman–Crippen MR) is 93.0 cm³/mol. The number of aromatic nitrogens is 1. The molecule has 5 nitrogen and oxygen atoms in total. The van der Waals surface area contributed by atoms with Crippen molar-refractivity contribution in [2.45, 2.75) is 39.7 Å². The summed E-state index contributed by atoms with van der Waals surface area (Å²) in [5.74, 6) is 1.29. The fraction of sp³-hybridized carbons (Fsp3) is 0.588. The van der Waals surface area contributed by atoms with Crippen LogP contribution in [-0.4, -0.2) is 45.9 Å². The zero-order chi connectivity index (χ0) is 16.9. The monoisotopic (exact) mass is 335 g/mol. The van der Waals surface area contributed by atoms with E-state index in [9.17, 15) is 9.59 Å². The molecule has 2 heterocycles. The third-order valence-electron chi connectivity index (χ3n) is 3.62. The number of nitrogens with one attached hydrogen (secondary N) is 1. The zero-order valence-corrected chi connectivity index (χ0v) is 14.9. The van der Waals surface area contributed by atoms with Crippen molar-refractivity contribution in [3.63, 3.8) is 0 Å². The maximum atomic E-state index is 12.4. The third-order valence-corrected chi connectivity index (χ3v) is 4.63. The van der Waals surface area contributed by atoms with Gasteiger partial charge in [0.05, 0.1) is 5.88 Å². The summed E-state index contributed by atoms with van der Waals surface area (Å²) in [5.41, 5.74) is 1.03. The first kappa shape index (κ1) is 17.8. The van der Waals surface area contributed by atoms with Crippen LogP contribution in [0.5, 0.6) is 0 Å². The molecule has 2 rings (SSSR count). The Balaban J connectivity index is 1.84. The van der Waals surface area contributed by atoms with Crippen LogP contribution >= 0.6 is 11.8 Å². The Bertz CT molecular complexity index is 543. The molecule has 1 atom stereocenters. The van der Waals surface area contributed by atoms with Gasteiger partial charge in [0.2, 0.25) is 11.8 Å². The molecule has 1 saturated heterocycles. The molecule has 0 radical (unpaired) electrons. The highest BCUT2D eigenvalue weighted by Crippen LogP contribution is 2.26. The number of pyridine rings is 1. The molecule has 1 aliphatic rings. The minimum absolute atomic E-state index is 0.0545. The van der Waals surface area contributed by atoms with E-state index in [2.05, 4.69) is 10.3 Å². The van der Waals surface area contributed by atoms with E-state index in [0.717, 1.165) is 12.0 Å². The quantitative estimate of drug-likeness (QED) is 0.895. The third kappa shape index (κ3) is 5.53. The van der Waals surface area contributed by atoms with Crippen molar-refractivity contribution >= 4 is 23.6 Å². The van der Waals surface area contributed by atoms with Crippen molar-refractivity contribution in [2.24, 2.45) is 5.41 Å². The summed E-state index contributed by atoms with van der Waals surface area (Å²) in [7, 11) is 0. The Hall–Kier alpha value is -1.56. The van der Waals surface area contributed by atoms with Gasteiger partial charge in [0.1, 0.15) is 6.04 Å². The lowest BCUT2D eigenvalue weighted by atomic mass is 9.91. The largest absolute Gasteiger partial charge is 0.354 e. The number of thioether (sulfide) groups is 1. The highest BCUT2D eigenvalue weighted by atomic mass is 32.2. The average Bonchev–Trinajstić information content (AvgIpc) is 2.96. The summed E-state index contributed by atoms with van der Waals surface area (Å²) in [6.45, 7) is 6.68. The van der Waals surface area contributed by atoms with E-state index in [1.807, 2.05) is 32.9 Å². The molecule has 1 aliphatic heterocycles. The fourth-order valence-corrected chi connectivity index (χ4v) is 3.64. The number of carbonyl (C=O) groups excluding carboxylic acids is 2. The van der Waals surface area contributed by atoms with Gasteiger partial charge >= 0.3 is 0 Å². The molecular weight excluding hydrogens is 310 g/mol. The van der Waals surface area contributed by atoms with Gasteiger partial charge in [-0.15, -0.1) is 11.8 Å². The van der Waals surface area contributed by atoms with E-state index in [-0.39, 0.29) is 23.3 Å². The normalized spacial score (nSPS) is 18.0. The van der Waals surface area contributed by atoms with Gasteiger partial charge < -0.3 is 10.2 Å². The van der Waals surface area contributed by atoms with Crippen LogP contribution in [-0.2, 0) is 16.0 Å². The van der Waals surface area contributed by atoms with Crippen LogP contribution < -0.4 is 5.32 Å². The number of carbonyl (C=O) groups is 2. The Morgan fingerprint density at radius 1 is 1.43 bits per heavy atom. The summed E-state index contributed by atoms with van der Waals surface area (Å²) in [6, 6.07) is 3.53. The molecule has 1 aromatic heterocycles. The van der Waals surface area contributed by atoms with Crippen LogP contribution in [0.15, 0.2) is 24.5 Å². The maximum absolute atomic E-state index is 12.4. The van der Waals surface area contributed by atoms with Crippen LogP contribution in [0, 0.1) is 5.41 Å². The van der Waals surface area contributed by atoms with Gasteiger partial charge in [-0.3, -0.25) is 14.6 Å². The molecule has 2 amide bonds. The van der Waals surface area contributed by atoms with Crippen LogP contribution in [0.1, 0.15) is 32.8 Å². The number of amides is 2. The number of rotatable bonds is 5. The van der Waals surface area contributed by atoms with E-state index >= 15 is 0 Å². The minimum Gasteiger partial charge on any atom is -0.354 e. The van der Waals surface area contributed by atoms with Crippen LogP contribution in [0.4, 0.5) is 0 Å². The predicted octanol–water partition coefficient (Wildman–Crippen LogP) is 2.08. The molecule has 126 valence electrons. The van der Waals surface area contributed by atoms with Crippen LogP contribution in [0.3, 0.4) is 0 Å².